The summed E-state index contributed by atoms with van der Waals surface area (Å²) in [6.07, 6.45) is 0. The van der Waals surface area contributed by atoms with Crippen molar-refractivity contribution < 1.29 is 4.74 Å². The molecule has 0 amide bonds. The normalized spacial score (nSPS) is 11.0. The van der Waals surface area contributed by atoms with Crippen molar-refractivity contribution in [2.75, 3.05) is 5.73 Å². The number of hydrogen-bond acceptors (Lipinski definition) is 4. The lowest BCUT2D eigenvalue weighted by Gasteiger charge is -2.13. The van der Waals surface area contributed by atoms with Crippen LogP contribution in [0.3, 0.4) is 0 Å². The van der Waals surface area contributed by atoms with Crippen LogP contribution in [-0.4, -0.2) is 4.98 Å². The van der Waals surface area contributed by atoms with Crippen molar-refractivity contribution in [3.05, 3.63) is 59.1 Å². The summed E-state index contributed by atoms with van der Waals surface area (Å²) in [4.78, 5) is 4.41. The largest absolute Gasteiger partial charge is 0.444 e. The maximum absolute atomic E-state index is 6.15. The smallest absolute Gasteiger partial charge is 0.210 e. The molecule has 0 fully saturated rings. The van der Waals surface area contributed by atoms with E-state index in [9.17, 15) is 0 Å². The molecule has 0 radical (unpaired) electrons. The third-order valence-corrected chi connectivity index (χ3v) is 4.45. The number of anilines is 1. The van der Waals surface area contributed by atoms with Crippen molar-refractivity contribution in [3.63, 3.8) is 0 Å². The summed E-state index contributed by atoms with van der Waals surface area (Å²) in [5, 5.41) is 1.80. The molecule has 5 heteroatoms. The second-order valence-electron chi connectivity index (χ2n) is 5.49. The van der Waals surface area contributed by atoms with Crippen molar-refractivity contribution in [1.29, 1.82) is 0 Å². The average Bonchev–Trinajstić information content (AvgIpc) is 2.88. The summed E-state index contributed by atoms with van der Waals surface area (Å²) in [7, 11) is 0. The molecular formula is C18H17ClN2OS. The van der Waals surface area contributed by atoms with Crippen LogP contribution < -0.4 is 10.5 Å². The highest BCUT2D eigenvalue weighted by molar-refractivity contribution is 7.17. The maximum atomic E-state index is 6.15. The third-order valence-electron chi connectivity index (χ3n) is 3.45. The highest BCUT2D eigenvalue weighted by Gasteiger charge is 2.16. The Balaban J connectivity index is 2.02. The number of nitrogen functional groups attached to an aromatic ring is 1. The molecule has 2 N–H and O–H groups in total. The van der Waals surface area contributed by atoms with Crippen molar-refractivity contribution in [2.45, 2.75) is 19.8 Å². The molecule has 23 heavy (non-hydrogen) atoms. The predicted octanol–water partition coefficient (Wildman–Crippen LogP) is 5.96. The van der Waals surface area contributed by atoms with Crippen LogP contribution in [0.25, 0.3) is 11.3 Å². The van der Waals surface area contributed by atoms with Gasteiger partial charge in [-0.3, -0.25) is 0 Å². The van der Waals surface area contributed by atoms with Gasteiger partial charge < -0.3 is 10.5 Å². The summed E-state index contributed by atoms with van der Waals surface area (Å²) in [6.45, 7) is 4.28. The Bertz CT molecular complexity index is 829. The van der Waals surface area contributed by atoms with Crippen molar-refractivity contribution >= 4 is 28.1 Å². The quantitative estimate of drug-likeness (QED) is 0.635. The van der Waals surface area contributed by atoms with Crippen molar-refractivity contribution in [2.24, 2.45) is 0 Å². The molecule has 0 bridgehead atoms. The molecular weight excluding hydrogens is 328 g/mol. The lowest BCUT2D eigenvalue weighted by Crippen LogP contribution is -1.93. The number of benzene rings is 2. The van der Waals surface area contributed by atoms with Gasteiger partial charge in [0.1, 0.15) is 11.4 Å². The Morgan fingerprint density at radius 3 is 2.65 bits per heavy atom. The van der Waals surface area contributed by atoms with E-state index in [0.717, 1.165) is 16.9 Å². The molecule has 0 atom stereocenters. The molecule has 3 nitrogen and oxygen atoms in total. The number of rotatable bonds is 4. The number of hydrogen-bond donors (Lipinski definition) is 1. The molecule has 0 spiro atoms. The summed E-state index contributed by atoms with van der Waals surface area (Å²) in [6, 6.07) is 15.5. The summed E-state index contributed by atoms with van der Waals surface area (Å²) in [5.74, 6) is 1.19. The second-order valence-corrected chi connectivity index (χ2v) is 6.92. The van der Waals surface area contributed by atoms with Gasteiger partial charge in [0.25, 0.3) is 0 Å². The average molecular weight is 345 g/mol. The highest BCUT2D eigenvalue weighted by atomic mass is 35.5. The van der Waals surface area contributed by atoms with E-state index in [1.807, 2.05) is 42.5 Å². The molecule has 0 aliphatic rings. The van der Waals surface area contributed by atoms with E-state index < -0.39 is 0 Å². The molecule has 0 aliphatic heterocycles. The van der Waals surface area contributed by atoms with Gasteiger partial charge in [0, 0.05) is 10.6 Å². The minimum absolute atomic E-state index is 0.367. The van der Waals surface area contributed by atoms with Crippen LogP contribution >= 0.6 is 22.9 Å². The van der Waals surface area contributed by atoms with Crippen LogP contribution in [0.2, 0.25) is 5.02 Å². The van der Waals surface area contributed by atoms with Gasteiger partial charge in [0.15, 0.2) is 5.13 Å². The van der Waals surface area contributed by atoms with E-state index >= 15 is 0 Å². The summed E-state index contributed by atoms with van der Waals surface area (Å²) >= 11 is 7.42. The lowest BCUT2D eigenvalue weighted by molar-refractivity contribution is 0.487. The van der Waals surface area contributed by atoms with E-state index in [1.54, 1.807) is 0 Å². The molecule has 3 rings (SSSR count). The number of aromatic nitrogens is 1. The fraction of sp³-hybridized carbons (Fsp3) is 0.167. The summed E-state index contributed by atoms with van der Waals surface area (Å²) in [5.41, 5.74) is 8.66. The maximum Gasteiger partial charge on any atom is 0.210 e. The first-order chi connectivity index (χ1) is 11.0. The molecule has 1 aromatic heterocycles. The van der Waals surface area contributed by atoms with Gasteiger partial charge in [-0.2, -0.15) is 0 Å². The van der Waals surface area contributed by atoms with E-state index in [4.69, 9.17) is 22.1 Å². The Kier molecular flexibility index (Phi) is 4.55. The van der Waals surface area contributed by atoms with Crippen LogP contribution in [-0.2, 0) is 0 Å². The van der Waals surface area contributed by atoms with E-state index in [0.29, 0.717) is 26.8 Å². The van der Waals surface area contributed by atoms with Gasteiger partial charge in [0.2, 0.25) is 5.06 Å². The monoisotopic (exact) mass is 344 g/mol. The third kappa shape index (κ3) is 3.49. The first kappa shape index (κ1) is 15.8. The minimum atomic E-state index is 0.367. The van der Waals surface area contributed by atoms with E-state index in [1.165, 1.54) is 11.3 Å². The Labute approximate surface area is 144 Å². The number of halogens is 1. The van der Waals surface area contributed by atoms with Crippen LogP contribution in [0.4, 0.5) is 5.13 Å². The fourth-order valence-electron chi connectivity index (χ4n) is 2.36. The zero-order valence-corrected chi connectivity index (χ0v) is 14.5. The van der Waals surface area contributed by atoms with Crippen LogP contribution in [0.15, 0.2) is 48.5 Å². The van der Waals surface area contributed by atoms with Gasteiger partial charge in [-0.25, -0.2) is 4.98 Å². The molecule has 3 aromatic rings. The van der Waals surface area contributed by atoms with Gasteiger partial charge in [0.05, 0.1) is 0 Å². The number of nitrogens with two attached hydrogens (primary N) is 1. The second kappa shape index (κ2) is 6.60. The van der Waals surface area contributed by atoms with Crippen molar-refractivity contribution in [3.8, 4) is 22.1 Å². The van der Waals surface area contributed by atoms with Gasteiger partial charge in [-0.1, -0.05) is 67.1 Å². The minimum Gasteiger partial charge on any atom is -0.444 e. The standard InChI is InChI=1S/C18H17ClN2OS/c1-11(2)14-8-3-4-9-15(14)22-17-16(21-18(20)23-17)12-6-5-7-13(19)10-12/h3-11H,1-2H3,(H2,20,21). The van der Waals surface area contributed by atoms with Crippen LogP contribution in [0.1, 0.15) is 25.3 Å². The van der Waals surface area contributed by atoms with E-state index in [2.05, 4.69) is 24.9 Å². The number of nitrogens with zero attached hydrogens (tertiary/aromatic N) is 1. The molecule has 118 valence electrons. The molecule has 2 aromatic carbocycles. The SMILES string of the molecule is CC(C)c1ccccc1Oc1sc(N)nc1-c1cccc(Cl)c1. The van der Waals surface area contributed by atoms with Crippen LogP contribution in [0, 0.1) is 0 Å². The zero-order chi connectivity index (χ0) is 16.4. The first-order valence-corrected chi connectivity index (χ1v) is 8.53. The van der Waals surface area contributed by atoms with Crippen LogP contribution in [0.5, 0.6) is 10.8 Å². The van der Waals surface area contributed by atoms with Gasteiger partial charge >= 0.3 is 0 Å². The Morgan fingerprint density at radius 1 is 1.13 bits per heavy atom. The fourth-order valence-corrected chi connectivity index (χ4v) is 3.27. The number of para-hydroxylation sites is 1. The number of thiazole rings is 1. The topological polar surface area (TPSA) is 48.1 Å². The molecule has 0 saturated heterocycles. The Morgan fingerprint density at radius 2 is 1.91 bits per heavy atom. The van der Waals surface area contributed by atoms with E-state index in [-0.39, 0.29) is 0 Å². The Hall–Kier alpha value is -2.04. The molecule has 0 aliphatic carbocycles. The lowest BCUT2D eigenvalue weighted by atomic mass is 10.0. The predicted molar refractivity (Wildman–Crippen MR) is 97.6 cm³/mol. The first-order valence-electron chi connectivity index (χ1n) is 7.33. The molecule has 1 heterocycles. The molecule has 0 saturated carbocycles. The zero-order valence-electron chi connectivity index (χ0n) is 12.9. The summed E-state index contributed by atoms with van der Waals surface area (Å²) < 4.78 is 6.15. The van der Waals surface area contributed by atoms with Gasteiger partial charge in [-0.05, 0) is 29.7 Å². The number of ether oxygens (including phenoxy) is 1. The molecule has 0 unspecified atom stereocenters. The van der Waals surface area contributed by atoms with Gasteiger partial charge in [-0.15, -0.1) is 0 Å². The highest BCUT2D eigenvalue weighted by Crippen LogP contribution is 2.41. The van der Waals surface area contributed by atoms with Crippen molar-refractivity contribution in [1.82, 2.24) is 4.98 Å².